The highest BCUT2D eigenvalue weighted by molar-refractivity contribution is 6.01. The second-order valence-electron chi connectivity index (χ2n) is 20.0. The predicted octanol–water partition coefficient (Wildman–Crippen LogP) is 18.6. The molecule has 1 unspecified atom stereocenters. The van der Waals surface area contributed by atoms with E-state index in [0.717, 1.165) is 34.1 Å². The summed E-state index contributed by atoms with van der Waals surface area (Å²) in [6, 6.07) is 99.3. The normalized spacial score (nSPS) is 15.0. The molecule has 3 aliphatic carbocycles. The second-order valence-corrected chi connectivity index (χ2v) is 20.0. The number of nitrogens with zero attached hydrogens (tertiary/aromatic N) is 2. The van der Waals surface area contributed by atoms with E-state index in [-0.39, 0.29) is 5.41 Å². The van der Waals surface area contributed by atoms with Gasteiger partial charge in [-0.05, 0) is 162 Å². The van der Waals surface area contributed by atoms with Crippen LogP contribution in [0.25, 0.3) is 55.6 Å². The summed E-state index contributed by atoms with van der Waals surface area (Å²) < 4.78 is 0. The fourth-order valence-corrected chi connectivity index (χ4v) is 12.6. The van der Waals surface area contributed by atoms with Gasteiger partial charge in [-0.15, -0.1) is 0 Å². The zero-order valence-electron chi connectivity index (χ0n) is 40.3. The average molecular weight is 919 g/mol. The molecule has 0 saturated carbocycles. The lowest BCUT2D eigenvalue weighted by Gasteiger charge is -2.34. The molecule has 14 rings (SSSR count). The monoisotopic (exact) mass is 918 g/mol. The molecule has 0 saturated heterocycles. The third-order valence-corrected chi connectivity index (χ3v) is 15.8. The van der Waals surface area contributed by atoms with Crippen LogP contribution in [-0.2, 0) is 10.8 Å². The van der Waals surface area contributed by atoms with Gasteiger partial charge >= 0.3 is 0 Å². The molecule has 11 aromatic carbocycles. The summed E-state index contributed by atoms with van der Waals surface area (Å²) in [6.45, 7) is 4.76. The Bertz CT molecular complexity index is 3840. The highest BCUT2D eigenvalue weighted by Crippen LogP contribution is 2.65. The molecule has 0 bridgehead atoms. The van der Waals surface area contributed by atoms with Gasteiger partial charge in [0.1, 0.15) is 0 Å². The lowest BCUT2D eigenvalue weighted by molar-refractivity contribution is 0.660. The molecule has 72 heavy (non-hydrogen) atoms. The Morgan fingerprint density at radius 1 is 0.236 bits per heavy atom. The Kier molecular flexibility index (Phi) is 9.50. The average Bonchev–Trinajstić information content (AvgIpc) is 3.99. The summed E-state index contributed by atoms with van der Waals surface area (Å²) in [5.74, 6) is 0. The third kappa shape index (κ3) is 6.22. The summed E-state index contributed by atoms with van der Waals surface area (Å²) in [6.07, 6.45) is 0. The molecule has 0 amide bonds. The second kappa shape index (κ2) is 16.3. The molecule has 0 aromatic heterocycles. The van der Waals surface area contributed by atoms with Gasteiger partial charge in [0.15, 0.2) is 0 Å². The van der Waals surface area contributed by atoms with E-state index in [1.54, 1.807) is 0 Å². The Balaban J connectivity index is 1.08. The van der Waals surface area contributed by atoms with Crippen molar-refractivity contribution in [2.75, 3.05) is 9.80 Å². The molecule has 3 aliphatic rings. The smallest absolute Gasteiger partial charge is 0.0727 e. The van der Waals surface area contributed by atoms with Crippen LogP contribution in [0.3, 0.4) is 0 Å². The number of rotatable bonds is 8. The van der Waals surface area contributed by atoms with Crippen LogP contribution in [-0.4, -0.2) is 0 Å². The zero-order chi connectivity index (χ0) is 48.0. The van der Waals surface area contributed by atoms with E-state index in [9.17, 15) is 0 Å². The molecule has 11 aromatic rings. The van der Waals surface area contributed by atoms with Crippen molar-refractivity contribution in [3.05, 3.63) is 300 Å². The van der Waals surface area contributed by atoms with Crippen LogP contribution in [0.5, 0.6) is 0 Å². The minimum absolute atomic E-state index is 0.169. The Morgan fingerprint density at radius 2 is 0.667 bits per heavy atom. The molecule has 0 N–H and O–H groups in total. The topological polar surface area (TPSA) is 6.48 Å². The van der Waals surface area contributed by atoms with E-state index in [4.69, 9.17) is 0 Å². The van der Waals surface area contributed by atoms with Gasteiger partial charge in [0.05, 0.1) is 11.1 Å². The molecule has 340 valence electrons. The Labute approximate surface area is 422 Å². The molecular weight excluding hydrogens is 869 g/mol. The van der Waals surface area contributed by atoms with Crippen molar-refractivity contribution in [2.45, 2.75) is 24.7 Å². The first-order valence-electron chi connectivity index (χ1n) is 25.2. The number of para-hydroxylation sites is 3. The van der Waals surface area contributed by atoms with Crippen LogP contribution in [0.15, 0.2) is 267 Å². The Morgan fingerprint density at radius 3 is 1.29 bits per heavy atom. The summed E-state index contributed by atoms with van der Waals surface area (Å²) in [4.78, 5) is 4.93. The SMILES string of the molecule is CC1(C)c2ccccc2-c2ccc(N(c3ccccc3)c3cc4c(cc3-c3ccccc3)-c3ccccc3C43c4ccc(-c5ccccc5)cc4-c4ccc(N(c5ccccc5)c5ccccc5)cc43)cc21. The predicted molar refractivity (Wildman–Crippen MR) is 301 cm³/mol. The van der Waals surface area contributed by atoms with Crippen molar-refractivity contribution < 1.29 is 0 Å². The summed E-state index contributed by atoms with van der Waals surface area (Å²) in [5.41, 5.74) is 26.2. The van der Waals surface area contributed by atoms with E-state index in [2.05, 4.69) is 291 Å². The first-order chi connectivity index (χ1) is 35.5. The molecule has 2 heteroatoms. The molecule has 1 spiro atoms. The fraction of sp³-hybridized carbons (Fsp3) is 0.0571. The van der Waals surface area contributed by atoms with E-state index in [1.165, 1.54) is 89.0 Å². The first kappa shape index (κ1) is 41.9. The number of hydrogen-bond donors (Lipinski definition) is 0. The quantitative estimate of drug-likeness (QED) is 0.150. The minimum Gasteiger partial charge on any atom is -0.310 e. The number of fused-ring (bicyclic) bond motifs is 13. The van der Waals surface area contributed by atoms with Crippen LogP contribution in [0.2, 0.25) is 0 Å². The van der Waals surface area contributed by atoms with Crippen molar-refractivity contribution in [1.29, 1.82) is 0 Å². The minimum atomic E-state index is -0.658. The Hall–Kier alpha value is -8.98. The lowest BCUT2D eigenvalue weighted by Crippen LogP contribution is -2.26. The van der Waals surface area contributed by atoms with Crippen LogP contribution in [0.4, 0.5) is 34.1 Å². The van der Waals surface area contributed by atoms with E-state index >= 15 is 0 Å². The largest absolute Gasteiger partial charge is 0.310 e. The van der Waals surface area contributed by atoms with Crippen LogP contribution in [0.1, 0.15) is 47.2 Å². The van der Waals surface area contributed by atoms with Crippen molar-refractivity contribution in [3.63, 3.8) is 0 Å². The molecule has 0 aliphatic heterocycles. The maximum atomic E-state index is 2.57. The third-order valence-electron chi connectivity index (χ3n) is 15.8. The van der Waals surface area contributed by atoms with Crippen molar-refractivity contribution in [2.24, 2.45) is 0 Å². The molecule has 0 heterocycles. The van der Waals surface area contributed by atoms with E-state index in [1.807, 2.05) is 0 Å². The van der Waals surface area contributed by atoms with Crippen molar-refractivity contribution in [3.8, 4) is 55.6 Å². The maximum Gasteiger partial charge on any atom is 0.0727 e. The summed E-state index contributed by atoms with van der Waals surface area (Å²) in [7, 11) is 0. The lowest BCUT2D eigenvalue weighted by atomic mass is 9.70. The van der Waals surface area contributed by atoms with Gasteiger partial charge in [-0.3, -0.25) is 0 Å². The zero-order valence-corrected chi connectivity index (χ0v) is 40.3. The molecule has 2 nitrogen and oxygen atoms in total. The summed E-state index contributed by atoms with van der Waals surface area (Å²) >= 11 is 0. The van der Waals surface area contributed by atoms with E-state index in [0.29, 0.717) is 0 Å². The highest BCUT2D eigenvalue weighted by atomic mass is 15.1. The first-order valence-corrected chi connectivity index (χ1v) is 25.2. The number of anilines is 6. The van der Waals surface area contributed by atoms with Gasteiger partial charge in [-0.1, -0.05) is 202 Å². The summed E-state index contributed by atoms with van der Waals surface area (Å²) in [5, 5.41) is 0. The van der Waals surface area contributed by atoms with Gasteiger partial charge in [-0.25, -0.2) is 0 Å². The van der Waals surface area contributed by atoms with Crippen molar-refractivity contribution in [1.82, 2.24) is 0 Å². The standard InChI is InChI=1S/C70H50N2/c1-69(2)62-34-20-18-32-55(62)57-39-38-54(43-65(57)69)72(52-30-16-7-17-31-52)68-46-67-61(45-59(68)48-24-10-4-11-25-48)56-33-19-21-35-63(56)70(67)64-41-36-49(47-22-8-3-9-23-47)42-60(64)58-40-37-53(44-66(58)70)71(50-26-12-5-13-27-50)51-28-14-6-15-29-51/h3-46H,1-2H3. The molecule has 0 fully saturated rings. The van der Waals surface area contributed by atoms with Gasteiger partial charge in [-0.2, -0.15) is 0 Å². The van der Waals surface area contributed by atoms with Crippen molar-refractivity contribution >= 4 is 34.1 Å². The van der Waals surface area contributed by atoms with Gasteiger partial charge in [0, 0.05) is 39.4 Å². The van der Waals surface area contributed by atoms with Gasteiger partial charge < -0.3 is 9.80 Å². The fourth-order valence-electron chi connectivity index (χ4n) is 12.6. The molecule has 0 radical (unpaired) electrons. The maximum absolute atomic E-state index is 2.57. The van der Waals surface area contributed by atoms with Crippen LogP contribution in [0, 0.1) is 0 Å². The van der Waals surface area contributed by atoms with Crippen LogP contribution < -0.4 is 9.80 Å². The molecular formula is C70H50N2. The molecule has 1 atom stereocenters. The number of hydrogen-bond acceptors (Lipinski definition) is 2. The highest BCUT2D eigenvalue weighted by Gasteiger charge is 2.52. The van der Waals surface area contributed by atoms with Gasteiger partial charge in [0.2, 0.25) is 0 Å². The van der Waals surface area contributed by atoms with Gasteiger partial charge in [0.25, 0.3) is 0 Å². The van der Waals surface area contributed by atoms with E-state index < -0.39 is 5.41 Å². The van der Waals surface area contributed by atoms with Crippen LogP contribution >= 0.6 is 0 Å². The number of benzene rings is 11.